The molecule has 0 amide bonds. The molecule has 0 spiro atoms. The van der Waals surface area contributed by atoms with Gasteiger partial charge in [-0.2, -0.15) is 0 Å². The highest BCUT2D eigenvalue weighted by Gasteiger charge is 2.23. The lowest BCUT2D eigenvalue weighted by Crippen LogP contribution is -2.09. The van der Waals surface area contributed by atoms with E-state index in [1.54, 1.807) is 24.3 Å². The Kier molecular flexibility index (Phi) is 6.06. The maximum Gasteiger partial charge on any atom is 0.207 e. The lowest BCUT2D eigenvalue weighted by molar-refractivity contribution is 0.594. The molecule has 0 aromatic heterocycles. The molecule has 4 aromatic carbocycles. The van der Waals surface area contributed by atoms with Crippen molar-refractivity contribution in [3.8, 4) is 0 Å². The Morgan fingerprint density at radius 2 is 0.871 bits per heavy atom. The largest absolute Gasteiger partial charge is 0.218 e. The first-order valence-electron chi connectivity index (χ1n) is 10.5. The number of rotatable bonds is 6. The van der Waals surface area contributed by atoms with Gasteiger partial charge in [-0.05, 0) is 61.1 Å². The van der Waals surface area contributed by atoms with Crippen molar-refractivity contribution in [1.82, 2.24) is 0 Å². The van der Waals surface area contributed by atoms with E-state index >= 15 is 0 Å². The van der Waals surface area contributed by atoms with Crippen LogP contribution in [0.5, 0.6) is 0 Å². The van der Waals surface area contributed by atoms with Crippen LogP contribution in [0.4, 0.5) is 0 Å². The summed E-state index contributed by atoms with van der Waals surface area (Å²) < 4.78 is 27.5. The van der Waals surface area contributed by atoms with Crippen LogP contribution in [0.2, 0.25) is 0 Å². The van der Waals surface area contributed by atoms with Crippen molar-refractivity contribution < 1.29 is 8.42 Å². The Morgan fingerprint density at radius 1 is 0.516 bits per heavy atom. The summed E-state index contributed by atoms with van der Waals surface area (Å²) in [5, 5.41) is 0. The van der Waals surface area contributed by atoms with Crippen molar-refractivity contribution in [3.63, 3.8) is 0 Å². The Bertz CT molecular complexity index is 1190. The zero-order chi connectivity index (χ0) is 21.8. The molecule has 0 fully saturated rings. The van der Waals surface area contributed by atoms with Crippen molar-refractivity contribution in [2.45, 2.75) is 36.5 Å². The van der Waals surface area contributed by atoms with E-state index in [0.717, 1.165) is 22.3 Å². The van der Waals surface area contributed by atoms with Crippen LogP contribution in [-0.4, -0.2) is 8.42 Å². The predicted molar refractivity (Wildman–Crippen MR) is 126 cm³/mol. The molecule has 0 saturated heterocycles. The molecular weight excluding hydrogens is 400 g/mol. The van der Waals surface area contributed by atoms with E-state index in [2.05, 4.69) is 48.5 Å². The Morgan fingerprint density at radius 3 is 1.26 bits per heavy atom. The summed E-state index contributed by atoms with van der Waals surface area (Å²) in [4.78, 5) is 0.763. The molecule has 0 bridgehead atoms. The van der Waals surface area contributed by atoms with Crippen LogP contribution < -0.4 is 0 Å². The van der Waals surface area contributed by atoms with Crippen molar-refractivity contribution in [2.24, 2.45) is 0 Å². The van der Waals surface area contributed by atoms with Gasteiger partial charge in [0.05, 0.1) is 9.79 Å². The second-order valence-corrected chi connectivity index (χ2v) is 9.93. The molecule has 0 aliphatic carbocycles. The fraction of sp³-hybridized carbons (Fsp3) is 0.143. The number of benzene rings is 4. The molecule has 4 aromatic rings. The van der Waals surface area contributed by atoms with Crippen LogP contribution in [0, 0.1) is 13.8 Å². The first-order chi connectivity index (χ1) is 14.9. The lowest BCUT2D eigenvalue weighted by Gasteiger charge is -2.14. The summed E-state index contributed by atoms with van der Waals surface area (Å²) in [6.07, 6.45) is 1.16. The van der Waals surface area contributed by atoms with E-state index in [4.69, 9.17) is 0 Å². The Hall–Kier alpha value is -3.17. The molecule has 31 heavy (non-hydrogen) atoms. The number of hydrogen-bond donors (Lipinski definition) is 0. The molecule has 0 aliphatic heterocycles. The molecule has 2 nitrogen and oxygen atoms in total. The first kappa shape index (κ1) is 21.1. The minimum atomic E-state index is -3.66. The Labute approximate surface area is 185 Å². The summed E-state index contributed by atoms with van der Waals surface area (Å²) in [5.74, 6) is 0. The minimum Gasteiger partial charge on any atom is -0.218 e. The second-order valence-electron chi connectivity index (χ2n) is 8.04. The standard InChI is InChI=1S/C28H26O2S/c1-21-11-15-23(16-12-21)19-25-7-3-5-9-27(25)31(29,30)28-10-6-4-8-26(28)20-24-17-13-22(2)14-18-24/h3-18H,19-20H2,1-2H3. The zero-order valence-corrected chi connectivity index (χ0v) is 18.7. The molecule has 0 atom stereocenters. The normalized spacial score (nSPS) is 11.4. The van der Waals surface area contributed by atoms with E-state index < -0.39 is 9.84 Å². The van der Waals surface area contributed by atoms with Crippen molar-refractivity contribution in [2.75, 3.05) is 0 Å². The van der Waals surface area contributed by atoms with Crippen molar-refractivity contribution in [3.05, 3.63) is 130 Å². The van der Waals surface area contributed by atoms with E-state index in [1.165, 1.54) is 11.1 Å². The fourth-order valence-corrected chi connectivity index (χ4v) is 5.52. The van der Waals surface area contributed by atoms with Crippen LogP contribution in [0.3, 0.4) is 0 Å². The highest BCUT2D eigenvalue weighted by atomic mass is 32.2. The second kappa shape index (κ2) is 8.91. The van der Waals surface area contributed by atoms with Gasteiger partial charge in [-0.25, -0.2) is 8.42 Å². The molecule has 0 radical (unpaired) electrons. The molecule has 0 saturated carbocycles. The highest BCUT2D eigenvalue weighted by Crippen LogP contribution is 2.29. The number of sulfone groups is 1. The summed E-state index contributed by atoms with van der Waals surface area (Å²) in [5.41, 5.74) is 6.21. The van der Waals surface area contributed by atoms with Gasteiger partial charge in [0.2, 0.25) is 9.84 Å². The smallest absolute Gasteiger partial charge is 0.207 e. The number of hydrogen-bond acceptors (Lipinski definition) is 2. The van der Waals surface area contributed by atoms with Gasteiger partial charge < -0.3 is 0 Å². The van der Waals surface area contributed by atoms with E-state index in [-0.39, 0.29) is 0 Å². The molecule has 0 N–H and O–H groups in total. The third kappa shape index (κ3) is 4.78. The first-order valence-corrected chi connectivity index (χ1v) is 11.9. The highest BCUT2D eigenvalue weighted by molar-refractivity contribution is 7.91. The van der Waals surface area contributed by atoms with E-state index in [1.807, 2.05) is 38.1 Å². The predicted octanol–water partition coefficient (Wildman–Crippen LogP) is 6.32. The molecule has 3 heteroatoms. The number of aryl methyl sites for hydroxylation is 2. The zero-order valence-electron chi connectivity index (χ0n) is 17.9. The summed E-state index contributed by atoms with van der Waals surface area (Å²) >= 11 is 0. The van der Waals surface area contributed by atoms with Crippen LogP contribution in [0.1, 0.15) is 33.4 Å². The Balaban J connectivity index is 1.73. The molecule has 0 aliphatic rings. The van der Waals surface area contributed by atoms with Gasteiger partial charge >= 0.3 is 0 Å². The molecule has 0 heterocycles. The summed E-state index contributed by atoms with van der Waals surface area (Å²) in [6, 6.07) is 31.2. The van der Waals surface area contributed by atoms with Crippen LogP contribution >= 0.6 is 0 Å². The molecular formula is C28H26O2S. The average molecular weight is 427 g/mol. The monoisotopic (exact) mass is 426 g/mol. The molecule has 0 unspecified atom stereocenters. The van der Waals surface area contributed by atoms with Gasteiger partial charge in [0.1, 0.15) is 0 Å². The maximum atomic E-state index is 13.8. The van der Waals surface area contributed by atoms with E-state index in [0.29, 0.717) is 22.6 Å². The lowest BCUT2D eigenvalue weighted by atomic mass is 10.0. The van der Waals surface area contributed by atoms with Gasteiger partial charge in [-0.3, -0.25) is 0 Å². The van der Waals surface area contributed by atoms with Gasteiger partial charge in [0.25, 0.3) is 0 Å². The summed E-state index contributed by atoms with van der Waals surface area (Å²) in [7, 11) is -3.66. The summed E-state index contributed by atoms with van der Waals surface area (Å²) in [6.45, 7) is 4.10. The quantitative estimate of drug-likeness (QED) is 0.362. The van der Waals surface area contributed by atoms with Gasteiger partial charge in [-0.1, -0.05) is 96.1 Å². The van der Waals surface area contributed by atoms with Crippen LogP contribution in [0.15, 0.2) is 107 Å². The maximum absolute atomic E-state index is 13.8. The minimum absolute atomic E-state index is 0.381. The average Bonchev–Trinajstić information content (AvgIpc) is 2.77. The SMILES string of the molecule is Cc1ccc(Cc2ccccc2S(=O)(=O)c2ccccc2Cc2ccc(C)cc2)cc1. The molecule has 4 rings (SSSR count). The van der Waals surface area contributed by atoms with Crippen LogP contribution in [-0.2, 0) is 22.7 Å². The van der Waals surface area contributed by atoms with Crippen LogP contribution in [0.25, 0.3) is 0 Å². The third-order valence-corrected chi connectivity index (χ3v) is 7.51. The molecule has 156 valence electrons. The van der Waals surface area contributed by atoms with E-state index in [9.17, 15) is 8.42 Å². The van der Waals surface area contributed by atoms with Crippen molar-refractivity contribution in [1.29, 1.82) is 0 Å². The fourth-order valence-electron chi connectivity index (χ4n) is 3.79. The topological polar surface area (TPSA) is 34.1 Å². The van der Waals surface area contributed by atoms with Gasteiger partial charge in [-0.15, -0.1) is 0 Å². The van der Waals surface area contributed by atoms with Gasteiger partial charge in [0, 0.05) is 0 Å². The van der Waals surface area contributed by atoms with Gasteiger partial charge in [0.15, 0.2) is 0 Å². The third-order valence-electron chi connectivity index (χ3n) is 5.55. The van der Waals surface area contributed by atoms with Crippen molar-refractivity contribution >= 4 is 9.84 Å².